The van der Waals surface area contributed by atoms with Gasteiger partial charge in [0.15, 0.2) is 0 Å². The Labute approximate surface area is 198 Å². The second-order valence-electron chi connectivity index (χ2n) is 6.12. The maximum absolute atomic E-state index is 9.51. The van der Waals surface area contributed by atoms with Crippen LogP contribution in [0.2, 0.25) is 0 Å². The van der Waals surface area contributed by atoms with Gasteiger partial charge in [-0.25, -0.2) is 22.7 Å². The van der Waals surface area contributed by atoms with Crippen molar-refractivity contribution in [3.05, 3.63) is 46.5 Å². The molecule has 1 N–H and O–H groups in total. The summed E-state index contributed by atoms with van der Waals surface area (Å²) < 4.78 is 5.56. The Morgan fingerprint density at radius 3 is 2.63 bits per heavy atom. The van der Waals surface area contributed by atoms with Gasteiger partial charge in [0, 0.05) is 22.4 Å². The monoisotopic (exact) mass is 642 g/mol. The average molecular weight is 643 g/mol. The number of rotatable bonds is 9. The molecule has 0 aromatic carbocycles. The van der Waals surface area contributed by atoms with Crippen molar-refractivity contribution in [2.24, 2.45) is 0 Å². The molecule has 0 aliphatic carbocycles. The Bertz CT molecular complexity index is 848. The number of ether oxygens (including phenoxy) is 1. The average Bonchev–Trinajstić information content (AvgIpc) is 3.34. The summed E-state index contributed by atoms with van der Waals surface area (Å²) in [5.74, 6) is 0.992. The molecule has 27 heavy (non-hydrogen) atoms. The molecule has 0 bridgehead atoms. The molecule has 3 rings (SSSR count). The summed E-state index contributed by atoms with van der Waals surface area (Å²) in [6.07, 6.45) is 4.64. The topological polar surface area (TPSA) is 29.5 Å². The molecule has 3 heterocycles. The van der Waals surface area contributed by atoms with Crippen LogP contribution in [0.4, 0.5) is 0 Å². The summed E-state index contributed by atoms with van der Waals surface area (Å²) in [6.45, 7) is 6.29. The molecule has 0 amide bonds. The van der Waals surface area contributed by atoms with Crippen LogP contribution in [0.25, 0.3) is 19.5 Å². The molecular formula is C21H24O2S3U. The number of aryl methyl sites for hydroxylation is 1. The van der Waals surface area contributed by atoms with Crippen LogP contribution in [-0.4, -0.2) is 18.8 Å². The van der Waals surface area contributed by atoms with E-state index in [9.17, 15) is 5.11 Å². The van der Waals surface area contributed by atoms with E-state index in [-0.39, 0.29) is 37.7 Å². The normalized spacial score (nSPS) is 10.8. The Balaban J connectivity index is 0.00000261. The second-order valence-corrected chi connectivity index (χ2v) is 8.93. The van der Waals surface area contributed by atoms with Crippen LogP contribution in [0.15, 0.2) is 16.8 Å². The Kier molecular flexibility index (Phi) is 9.61. The molecule has 0 atom stereocenters. The zero-order valence-corrected chi connectivity index (χ0v) is 22.4. The molecule has 0 unspecified atom stereocenters. The van der Waals surface area contributed by atoms with Gasteiger partial charge in [-0.1, -0.05) is 41.1 Å². The van der Waals surface area contributed by atoms with E-state index < -0.39 is 0 Å². The van der Waals surface area contributed by atoms with Gasteiger partial charge in [0.05, 0.1) is 12.0 Å². The van der Waals surface area contributed by atoms with Crippen molar-refractivity contribution < 1.29 is 41.0 Å². The molecule has 0 spiro atoms. The van der Waals surface area contributed by atoms with Crippen molar-refractivity contribution >= 4 is 34.0 Å². The first-order valence-corrected chi connectivity index (χ1v) is 11.5. The van der Waals surface area contributed by atoms with E-state index in [2.05, 4.69) is 36.7 Å². The molecule has 3 aromatic rings. The van der Waals surface area contributed by atoms with Crippen LogP contribution in [0.1, 0.15) is 36.5 Å². The summed E-state index contributed by atoms with van der Waals surface area (Å²) in [7, 11) is 1.74. The van der Waals surface area contributed by atoms with Crippen molar-refractivity contribution in [1.82, 2.24) is 0 Å². The summed E-state index contributed by atoms with van der Waals surface area (Å²) in [4.78, 5) is 4.98. The number of aliphatic hydroxyl groups is 1. The Morgan fingerprint density at radius 1 is 1.15 bits per heavy atom. The minimum absolute atomic E-state index is 0. The summed E-state index contributed by atoms with van der Waals surface area (Å²) in [6, 6.07) is 5.78. The van der Waals surface area contributed by atoms with Gasteiger partial charge in [0.2, 0.25) is 0 Å². The third-order valence-electron chi connectivity index (χ3n) is 4.23. The van der Waals surface area contributed by atoms with E-state index in [1.54, 1.807) is 29.8 Å². The summed E-state index contributed by atoms with van der Waals surface area (Å²) in [5.41, 5.74) is 3.74. The zero-order chi connectivity index (χ0) is 18.5. The molecule has 6 heteroatoms. The molecule has 0 saturated carbocycles. The van der Waals surface area contributed by atoms with E-state index in [1.165, 1.54) is 36.2 Å². The van der Waals surface area contributed by atoms with Gasteiger partial charge in [-0.2, -0.15) is 18.1 Å². The van der Waals surface area contributed by atoms with Crippen LogP contribution < -0.4 is 4.74 Å². The number of methoxy groups -OCH3 is 1. The number of thiophene rings is 3. The fraction of sp³-hybridized carbons (Fsp3) is 0.381. The van der Waals surface area contributed by atoms with Crippen LogP contribution in [0.3, 0.4) is 0 Å². The van der Waals surface area contributed by atoms with E-state index >= 15 is 0 Å². The van der Waals surface area contributed by atoms with Crippen LogP contribution in [-0.2, 0) is 19.3 Å². The fourth-order valence-electron chi connectivity index (χ4n) is 3.03. The van der Waals surface area contributed by atoms with Crippen molar-refractivity contribution in [3.63, 3.8) is 0 Å². The van der Waals surface area contributed by atoms with E-state index in [0.29, 0.717) is 6.42 Å². The molecule has 0 radical (unpaired) electrons. The van der Waals surface area contributed by atoms with Gasteiger partial charge in [0.25, 0.3) is 0 Å². The molecule has 0 aliphatic heterocycles. The van der Waals surface area contributed by atoms with Crippen molar-refractivity contribution in [3.8, 4) is 25.3 Å². The van der Waals surface area contributed by atoms with Crippen LogP contribution >= 0.6 is 34.0 Å². The Hall–Kier alpha value is -0.0881. The fourth-order valence-corrected chi connectivity index (χ4v) is 6.49. The van der Waals surface area contributed by atoms with Gasteiger partial charge in [-0.05, 0) is 12.8 Å². The van der Waals surface area contributed by atoms with Gasteiger partial charge < -0.3 is 16.8 Å². The van der Waals surface area contributed by atoms with E-state index in [0.717, 1.165) is 31.4 Å². The maximum atomic E-state index is 9.51. The van der Waals surface area contributed by atoms with Crippen LogP contribution in [0.5, 0.6) is 5.75 Å². The molecule has 0 fully saturated rings. The van der Waals surface area contributed by atoms with Gasteiger partial charge >= 0.3 is 31.1 Å². The standard InChI is InChI=1S/C21H24O2S3.U/c1-4-6-14-10-18(24-12-14)20-15(8-9-22)11-19(26-20)21-16(7-5-2)17(23-3)13-25-21;/h11-13,22H,1,4-9H2,2-3H3;/q-2;+2. The summed E-state index contributed by atoms with van der Waals surface area (Å²) in [5, 5.41) is 13.8. The van der Waals surface area contributed by atoms with Gasteiger partial charge in [0.1, 0.15) is 5.75 Å². The number of hydrogen-bond donors (Lipinski definition) is 1. The first kappa shape index (κ1) is 23.2. The van der Waals surface area contributed by atoms with Gasteiger partial charge in [-0.15, -0.1) is 16.7 Å². The second kappa shape index (κ2) is 11.2. The third-order valence-corrected chi connectivity index (χ3v) is 7.68. The zero-order valence-electron chi connectivity index (χ0n) is 15.8. The molecule has 142 valence electrons. The predicted molar refractivity (Wildman–Crippen MR) is 115 cm³/mol. The van der Waals surface area contributed by atoms with E-state index in [4.69, 9.17) is 4.74 Å². The smallest absolute Gasteiger partial charge is 0.496 e. The molecule has 3 aromatic heterocycles. The number of hydrogen-bond acceptors (Lipinski definition) is 5. The Morgan fingerprint density at radius 2 is 1.96 bits per heavy atom. The predicted octanol–water partition coefficient (Wildman–Crippen LogP) is 6.27. The maximum Gasteiger partial charge on any atom is 2.00 e. The van der Waals surface area contributed by atoms with Gasteiger partial charge in [-0.3, -0.25) is 0 Å². The number of aliphatic hydroxyl groups excluding tert-OH is 1. The largest absolute Gasteiger partial charge is 2.00 e. The van der Waals surface area contributed by atoms with Crippen molar-refractivity contribution in [1.29, 1.82) is 0 Å². The minimum Gasteiger partial charge on any atom is -0.496 e. The summed E-state index contributed by atoms with van der Waals surface area (Å²) >= 11 is 5.30. The molecule has 2 nitrogen and oxygen atoms in total. The first-order valence-electron chi connectivity index (χ1n) is 8.89. The SMILES string of the molecule is [CH2-]CCc1[c-]c(-c2sc(-c3scc(OC)c3CCC)cc2CCO)sc1.[U+2]. The van der Waals surface area contributed by atoms with Crippen molar-refractivity contribution in [2.45, 2.75) is 39.0 Å². The van der Waals surface area contributed by atoms with E-state index in [1.807, 2.05) is 11.3 Å². The first-order chi connectivity index (χ1) is 12.7. The van der Waals surface area contributed by atoms with Crippen molar-refractivity contribution in [2.75, 3.05) is 13.7 Å². The molecular weight excluding hydrogens is 618 g/mol. The molecule has 0 saturated heterocycles. The van der Waals surface area contributed by atoms with Crippen LogP contribution in [0, 0.1) is 44.1 Å². The molecule has 0 aliphatic rings. The third kappa shape index (κ3) is 5.29. The quantitative estimate of drug-likeness (QED) is 0.279. The minimum atomic E-state index is 0.